The van der Waals surface area contributed by atoms with Crippen LogP contribution in [-0.4, -0.2) is 13.1 Å². The number of nitrogens with zero attached hydrogens (tertiary/aromatic N) is 1. The number of halogens is 1. The SMILES string of the molecule is CC(Nc1ccccc1N1CCCC1)c1ccccc1Br. The molecule has 0 saturated carbocycles. The van der Waals surface area contributed by atoms with Gasteiger partial charge in [0.25, 0.3) is 0 Å². The number of para-hydroxylation sites is 2. The topological polar surface area (TPSA) is 15.3 Å². The molecule has 21 heavy (non-hydrogen) atoms. The number of anilines is 2. The zero-order valence-corrected chi connectivity index (χ0v) is 13.9. The van der Waals surface area contributed by atoms with Gasteiger partial charge >= 0.3 is 0 Å². The van der Waals surface area contributed by atoms with Crippen molar-refractivity contribution in [3.8, 4) is 0 Å². The third-order valence-corrected chi connectivity index (χ3v) is 4.82. The molecule has 3 heteroatoms. The minimum Gasteiger partial charge on any atom is -0.377 e. The van der Waals surface area contributed by atoms with Crippen LogP contribution in [0.3, 0.4) is 0 Å². The minimum absolute atomic E-state index is 0.268. The first-order valence-corrected chi connectivity index (χ1v) is 8.40. The van der Waals surface area contributed by atoms with Crippen LogP contribution in [0.2, 0.25) is 0 Å². The van der Waals surface area contributed by atoms with Gasteiger partial charge in [-0.05, 0) is 43.5 Å². The van der Waals surface area contributed by atoms with Crippen LogP contribution in [0.5, 0.6) is 0 Å². The van der Waals surface area contributed by atoms with Gasteiger partial charge in [0, 0.05) is 23.6 Å². The van der Waals surface area contributed by atoms with Crippen molar-refractivity contribution in [2.24, 2.45) is 0 Å². The minimum atomic E-state index is 0.268. The zero-order valence-electron chi connectivity index (χ0n) is 12.3. The van der Waals surface area contributed by atoms with Crippen molar-refractivity contribution in [3.05, 3.63) is 58.6 Å². The Bertz CT molecular complexity index is 606. The summed E-state index contributed by atoms with van der Waals surface area (Å²) in [6.07, 6.45) is 2.60. The highest BCUT2D eigenvalue weighted by atomic mass is 79.9. The van der Waals surface area contributed by atoms with Crippen molar-refractivity contribution >= 4 is 27.3 Å². The highest BCUT2D eigenvalue weighted by molar-refractivity contribution is 9.10. The molecule has 1 fully saturated rings. The van der Waals surface area contributed by atoms with Crippen molar-refractivity contribution in [2.45, 2.75) is 25.8 Å². The number of hydrogen-bond donors (Lipinski definition) is 1. The molecule has 1 heterocycles. The van der Waals surface area contributed by atoms with Crippen molar-refractivity contribution < 1.29 is 0 Å². The molecule has 0 bridgehead atoms. The Morgan fingerprint density at radius 2 is 1.67 bits per heavy atom. The van der Waals surface area contributed by atoms with Gasteiger partial charge in [0.1, 0.15) is 0 Å². The van der Waals surface area contributed by atoms with Gasteiger partial charge in [-0.15, -0.1) is 0 Å². The van der Waals surface area contributed by atoms with Crippen LogP contribution < -0.4 is 10.2 Å². The molecule has 3 rings (SSSR count). The second-order valence-electron chi connectivity index (χ2n) is 5.60. The molecule has 1 atom stereocenters. The van der Waals surface area contributed by atoms with Crippen LogP contribution in [-0.2, 0) is 0 Å². The molecule has 2 aromatic rings. The van der Waals surface area contributed by atoms with E-state index >= 15 is 0 Å². The third kappa shape index (κ3) is 3.24. The average Bonchev–Trinajstić information content (AvgIpc) is 3.02. The first-order valence-electron chi connectivity index (χ1n) is 7.60. The molecule has 0 aliphatic carbocycles. The molecule has 0 radical (unpaired) electrons. The smallest absolute Gasteiger partial charge is 0.0602 e. The lowest BCUT2D eigenvalue weighted by molar-refractivity contribution is 0.873. The summed E-state index contributed by atoms with van der Waals surface area (Å²) in [5.74, 6) is 0. The van der Waals surface area contributed by atoms with Crippen LogP contribution >= 0.6 is 15.9 Å². The highest BCUT2D eigenvalue weighted by Gasteiger charge is 2.17. The first-order chi connectivity index (χ1) is 10.3. The Kier molecular flexibility index (Phi) is 4.49. The maximum Gasteiger partial charge on any atom is 0.0602 e. The standard InChI is InChI=1S/C18H21BrN2/c1-14(15-8-2-3-9-16(15)19)20-17-10-4-5-11-18(17)21-12-6-7-13-21/h2-5,8-11,14,20H,6-7,12-13H2,1H3. The molecule has 1 aliphatic heterocycles. The van der Waals surface area contributed by atoms with Gasteiger partial charge in [-0.1, -0.05) is 46.3 Å². The van der Waals surface area contributed by atoms with E-state index in [1.54, 1.807) is 0 Å². The second-order valence-corrected chi connectivity index (χ2v) is 6.45. The highest BCUT2D eigenvalue weighted by Crippen LogP contribution is 2.32. The van der Waals surface area contributed by atoms with E-state index in [-0.39, 0.29) is 6.04 Å². The Labute approximate surface area is 135 Å². The summed E-state index contributed by atoms with van der Waals surface area (Å²) in [7, 11) is 0. The summed E-state index contributed by atoms with van der Waals surface area (Å²) in [6, 6.07) is 17.3. The average molecular weight is 345 g/mol. The zero-order chi connectivity index (χ0) is 14.7. The van der Waals surface area contributed by atoms with E-state index in [0.717, 1.165) is 4.47 Å². The Morgan fingerprint density at radius 3 is 2.43 bits per heavy atom. The van der Waals surface area contributed by atoms with Crippen LogP contribution in [0.4, 0.5) is 11.4 Å². The lowest BCUT2D eigenvalue weighted by Crippen LogP contribution is -2.20. The maximum absolute atomic E-state index is 3.67. The summed E-state index contributed by atoms with van der Waals surface area (Å²) in [6.45, 7) is 4.55. The summed E-state index contributed by atoms with van der Waals surface area (Å²) >= 11 is 3.64. The fourth-order valence-corrected chi connectivity index (χ4v) is 3.59. The molecule has 0 spiro atoms. The van der Waals surface area contributed by atoms with E-state index in [9.17, 15) is 0 Å². The third-order valence-electron chi connectivity index (χ3n) is 4.09. The van der Waals surface area contributed by atoms with Gasteiger partial charge in [0.05, 0.1) is 11.4 Å². The summed E-state index contributed by atoms with van der Waals surface area (Å²) in [5.41, 5.74) is 3.84. The molecule has 2 aromatic carbocycles. The normalized spacial score (nSPS) is 16.0. The predicted molar refractivity (Wildman–Crippen MR) is 94.1 cm³/mol. The lowest BCUT2D eigenvalue weighted by Gasteiger charge is -2.25. The monoisotopic (exact) mass is 344 g/mol. The Balaban J connectivity index is 1.83. The largest absolute Gasteiger partial charge is 0.377 e. The van der Waals surface area contributed by atoms with Gasteiger partial charge in [-0.2, -0.15) is 0 Å². The maximum atomic E-state index is 3.67. The number of nitrogens with one attached hydrogen (secondary N) is 1. The predicted octanol–water partition coefficient (Wildman–Crippen LogP) is 5.22. The molecular formula is C18H21BrN2. The molecule has 1 N–H and O–H groups in total. The van der Waals surface area contributed by atoms with E-state index in [4.69, 9.17) is 0 Å². The molecule has 1 saturated heterocycles. The van der Waals surface area contributed by atoms with Crippen molar-refractivity contribution in [1.29, 1.82) is 0 Å². The number of hydrogen-bond acceptors (Lipinski definition) is 2. The van der Waals surface area contributed by atoms with E-state index in [0.29, 0.717) is 0 Å². The van der Waals surface area contributed by atoms with Crippen LogP contribution in [0.1, 0.15) is 31.4 Å². The Morgan fingerprint density at radius 1 is 1.00 bits per heavy atom. The molecular weight excluding hydrogens is 324 g/mol. The van der Waals surface area contributed by atoms with Crippen LogP contribution in [0, 0.1) is 0 Å². The number of rotatable bonds is 4. The van der Waals surface area contributed by atoms with Crippen molar-refractivity contribution in [1.82, 2.24) is 0 Å². The van der Waals surface area contributed by atoms with Gasteiger partial charge < -0.3 is 10.2 Å². The summed E-state index contributed by atoms with van der Waals surface area (Å²) in [4.78, 5) is 2.48. The fourth-order valence-electron chi connectivity index (χ4n) is 2.97. The second kappa shape index (κ2) is 6.52. The van der Waals surface area contributed by atoms with Gasteiger partial charge in [0.2, 0.25) is 0 Å². The molecule has 0 amide bonds. The number of benzene rings is 2. The molecule has 110 valence electrons. The molecule has 0 aromatic heterocycles. The fraction of sp³-hybridized carbons (Fsp3) is 0.333. The quantitative estimate of drug-likeness (QED) is 0.817. The van der Waals surface area contributed by atoms with Crippen molar-refractivity contribution in [2.75, 3.05) is 23.3 Å². The van der Waals surface area contributed by atoms with Crippen molar-refractivity contribution in [3.63, 3.8) is 0 Å². The van der Waals surface area contributed by atoms with Crippen LogP contribution in [0.25, 0.3) is 0 Å². The molecule has 2 nitrogen and oxygen atoms in total. The van der Waals surface area contributed by atoms with E-state index in [1.807, 2.05) is 0 Å². The van der Waals surface area contributed by atoms with Crippen LogP contribution in [0.15, 0.2) is 53.0 Å². The summed E-state index contributed by atoms with van der Waals surface area (Å²) < 4.78 is 1.16. The Hall–Kier alpha value is -1.48. The molecule has 1 aliphatic rings. The van der Waals surface area contributed by atoms with E-state index in [1.165, 1.54) is 42.9 Å². The van der Waals surface area contributed by atoms with E-state index < -0.39 is 0 Å². The van der Waals surface area contributed by atoms with E-state index in [2.05, 4.69) is 81.6 Å². The van der Waals surface area contributed by atoms with Gasteiger partial charge in [0.15, 0.2) is 0 Å². The molecule has 1 unspecified atom stereocenters. The van der Waals surface area contributed by atoms with Gasteiger partial charge in [-0.3, -0.25) is 0 Å². The van der Waals surface area contributed by atoms with Gasteiger partial charge in [-0.25, -0.2) is 0 Å². The lowest BCUT2D eigenvalue weighted by atomic mass is 10.1. The first kappa shape index (κ1) is 14.5. The summed E-state index contributed by atoms with van der Waals surface area (Å²) in [5, 5.41) is 3.67.